The highest BCUT2D eigenvalue weighted by atomic mass is 19.4. The topological polar surface area (TPSA) is 47.6 Å². The van der Waals surface area contributed by atoms with Gasteiger partial charge < -0.3 is 14.8 Å². The molecule has 1 heterocycles. The lowest BCUT2D eigenvalue weighted by molar-refractivity contribution is -0.137. The zero-order chi connectivity index (χ0) is 15.5. The van der Waals surface area contributed by atoms with Crippen LogP contribution in [-0.4, -0.2) is 25.2 Å². The van der Waals surface area contributed by atoms with E-state index in [4.69, 9.17) is 9.47 Å². The number of nitrogens with one attached hydrogen (secondary N) is 1. The van der Waals surface area contributed by atoms with Crippen molar-refractivity contribution in [3.8, 4) is 5.75 Å². The van der Waals surface area contributed by atoms with E-state index in [1.54, 1.807) is 0 Å². The molecule has 7 heteroatoms. The summed E-state index contributed by atoms with van der Waals surface area (Å²) in [7, 11) is 0. The van der Waals surface area contributed by atoms with Crippen molar-refractivity contribution in [1.29, 1.82) is 0 Å². The van der Waals surface area contributed by atoms with Crippen LogP contribution in [0.1, 0.15) is 25.3 Å². The number of halogens is 3. The Bertz CT molecular complexity index is 511. The Kier molecular flexibility index (Phi) is 4.72. The number of anilines is 1. The normalized spacial score (nSPS) is 18.6. The van der Waals surface area contributed by atoms with Gasteiger partial charge in [0.25, 0.3) is 0 Å². The van der Waals surface area contributed by atoms with Gasteiger partial charge in [-0.05, 0) is 31.0 Å². The van der Waals surface area contributed by atoms with Crippen LogP contribution in [-0.2, 0) is 15.7 Å². The molecule has 0 radical (unpaired) electrons. The molecule has 1 saturated heterocycles. The third-order valence-corrected chi connectivity index (χ3v) is 3.07. The van der Waals surface area contributed by atoms with Crippen LogP contribution in [0.2, 0.25) is 0 Å². The highest BCUT2D eigenvalue weighted by molar-refractivity contribution is 5.90. The lowest BCUT2D eigenvalue weighted by Crippen LogP contribution is -2.18. The third kappa shape index (κ3) is 4.35. The second-order valence-electron chi connectivity index (χ2n) is 4.84. The molecule has 1 aliphatic rings. The molecule has 1 aliphatic heterocycles. The molecule has 1 aromatic carbocycles. The zero-order valence-corrected chi connectivity index (χ0v) is 11.5. The van der Waals surface area contributed by atoms with E-state index in [0.717, 1.165) is 25.0 Å². The Morgan fingerprint density at radius 3 is 2.81 bits per heavy atom. The summed E-state index contributed by atoms with van der Waals surface area (Å²) in [5.41, 5.74) is -0.828. The SMILES string of the molecule is CC(=O)Nc1cc(C(F)(F)F)ccc1OC[C@H]1CCCO1. The molecule has 1 N–H and O–H groups in total. The molecule has 1 aromatic rings. The van der Waals surface area contributed by atoms with E-state index in [9.17, 15) is 18.0 Å². The van der Waals surface area contributed by atoms with Gasteiger partial charge in [-0.3, -0.25) is 4.79 Å². The Morgan fingerprint density at radius 2 is 2.24 bits per heavy atom. The minimum Gasteiger partial charge on any atom is -0.489 e. The van der Waals surface area contributed by atoms with E-state index in [0.29, 0.717) is 6.61 Å². The lowest BCUT2D eigenvalue weighted by Gasteiger charge is -2.16. The van der Waals surface area contributed by atoms with Crippen molar-refractivity contribution in [2.75, 3.05) is 18.5 Å². The van der Waals surface area contributed by atoms with E-state index in [1.807, 2.05) is 0 Å². The van der Waals surface area contributed by atoms with Gasteiger partial charge in [-0.2, -0.15) is 13.2 Å². The summed E-state index contributed by atoms with van der Waals surface area (Å²) in [6, 6.07) is 3.01. The molecule has 1 amide bonds. The summed E-state index contributed by atoms with van der Waals surface area (Å²) in [4.78, 5) is 11.1. The number of alkyl halides is 3. The number of carbonyl (C=O) groups is 1. The van der Waals surface area contributed by atoms with Gasteiger partial charge in [0, 0.05) is 13.5 Å². The maximum Gasteiger partial charge on any atom is 0.416 e. The molecule has 21 heavy (non-hydrogen) atoms. The van der Waals surface area contributed by atoms with Gasteiger partial charge in [0.2, 0.25) is 5.91 Å². The minimum absolute atomic E-state index is 0.00956. The van der Waals surface area contributed by atoms with Crippen molar-refractivity contribution in [1.82, 2.24) is 0 Å². The van der Waals surface area contributed by atoms with Crippen molar-refractivity contribution >= 4 is 11.6 Å². The molecule has 2 rings (SSSR count). The van der Waals surface area contributed by atoms with Crippen LogP contribution in [0.3, 0.4) is 0 Å². The molecule has 0 spiro atoms. The number of ether oxygens (including phenoxy) is 2. The van der Waals surface area contributed by atoms with Crippen LogP contribution in [0.25, 0.3) is 0 Å². The average Bonchev–Trinajstić information content (AvgIpc) is 2.88. The fourth-order valence-corrected chi connectivity index (χ4v) is 2.08. The number of hydrogen-bond donors (Lipinski definition) is 1. The first kappa shape index (κ1) is 15.6. The fraction of sp³-hybridized carbons (Fsp3) is 0.500. The van der Waals surface area contributed by atoms with Crippen molar-refractivity contribution in [2.45, 2.75) is 32.0 Å². The smallest absolute Gasteiger partial charge is 0.416 e. The van der Waals surface area contributed by atoms with Crippen LogP contribution in [0, 0.1) is 0 Å². The second-order valence-corrected chi connectivity index (χ2v) is 4.84. The highest BCUT2D eigenvalue weighted by Crippen LogP contribution is 2.35. The summed E-state index contributed by atoms with van der Waals surface area (Å²) in [6.45, 7) is 2.14. The second kappa shape index (κ2) is 6.34. The van der Waals surface area contributed by atoms with Crippen molar-refractivity contribution in [2.24, 2.45) is 0 Å². The Balaban J connectivity index is 2.15. The molecule has 0 unspecified atom stereocenters. The maximum absolute atomic E-state index is 12.7. The summed E-state index contributed by atoms with van der Waals surface area (Å²) in [5, 5.41) is 2.36. The van der Waals surface area contributed by atoms with Crippen molar-refractivity contribution < 1.29 is 27.4 Å². The number of carbonyl (C=O) groups excluding carboxylic acids is 1. The zero-order valence-electron chi connectivity index (χ0n) is 11.5. The number of benzene rings is 1. The van der Waals surface area contributed by atoms with Crippen molar-refractivity contribution in [3.63, 3.8) is 0 Å². The summed E-state index contributed by atoms with van der Waals surface area (Å²) >= 11 is 0. The van der Waals surface area contributed by atoms with E-state index < -0.39 is 17.6 Å². The lowest BCUT2D eigenvalue weighted by atomic mass is 10.1. The molecule has 0 aliphatic carbocycles. The fourth-order valence-electron chi connectivity index (χ4n) is 2.08. The molecular weight excluding hydrogens is 287 g/mol. The largest absolute Gasteiger partial charge is 0.489 e. The number of rotatable bonds is 4. The van der Waals surface area contributed by atoms with E-state index in [1.165, 1.54) is 13.0 Å². The van der Waals surface area contributed by atoms with Crippen LogP contribution in [0.5, 0.6) is 5.75 Å². The van der Waals surface area contributed by atoms with Crippen molar-refractivity contribution in [3.05, 3.63) is 23.8 Å². The number of amides is 1. The molecule has 0 bridgehead atoms. The van der Waals surface area contributed by atoms with Gasteiger partial charge >= 0.3 is 6.18 Å². The van der Waals surface area contributed by atoms with Crippen LogP contribution in [0.15, 0.2) is 18.2 Å². The van der Waals surface area contributed by atoms with Gasteiger partial charge in [-0.25, -0.2) is 0 Å². The summed E-state index contributed by atoms with van der Waals surface area (Å²) in [5.74, 6) is -0.259. The van der Waals surface area contributed by atoms with Crippen LogP contribution >= 0.6 is 0 Å². The van der Waals surface area contributed by atoms with Gasteiger partial charge in [-0.15, -0.1) is 0 Å². The Morgan fingerprint density at radius 1 is 1.48 bits per heavy atom. The van der Waals surface area contributed by atoms with E-state index in [-0.39, 0.29) is 24.1 Å². The Labute approximate surface area is 120 Å². The van der Waals surface area contributed by atoms with Crippen LogP contribution < -0.4 is 10.1 Å². The molecule has 0 aromatic heterocycles. The average molecular weight is 303 g/mol. The van der Waals surface area contributed by atoms with E-state index in [2.05, 4.69) is 5.32 Å². The summed E-state index contributed by atoms with van der Waals surface area (Å²) in [6.07, 6.45) is -2.73. The van der Waals surface area contributed by atoms with Crippen LogP contribution in [0.4, 0.5) is 18.9 Å². The van der Waals surface area contributed by atoms with Gasteiger partial charge in [0.1, 0.15) is 12.4 Å². The molecule has 116 valence electrons. The first-order chi connectivity index (χ1) is 9.86. The minimum atomic E-state index is -4.47. The van der Waals surface area contributed by atoms with Gasteiger partial charge in [0.15, 0.2) is 0 Å². The molecule has 4 nitrogen and oxygen atoms in total. The molecule has 1 fully saturated rings. The predicted molar refractivity (Wildman–Crippen MR) is 70.2 cm³/mol. The maximum atomic E-state index is 12.7. The standard InChI is InChI=1S/C14H16F3NO3/c1-9(19)18-12-7-10(14(15,16)17)4-5-13(12)21-8-11-3-2-6-20-11/h4-5,7,11H,2-3,6,8H2,1H3,(H,18,19)/t11-/m1/s1. The quantitative estimate of drug-likeness (QED) is 0.929. The molecule has 1 atom stereocenters. The first-order valence-electron chi connectivity index (χ1n) is 6.59. The van der Waals surface area contributed by atoms with E-state index >= 15 is 0 Å². The predicted octanol–water partition coefficient (Wildman–Crippen LogP) is 3.22. The van der Waals surface area contributed by atoms with Gasteiger partial charge in [0.05, 0.1) is 17.4 Å². The molecular formula is C14H16F3NO3. The van der Waals surface area contributed by atoms with Gasteiger partial charge in [-0.1, -0.05) is 0 Å². The third-order valence-electron chi connectivity index (χ3n) is 3.07. The summed E-state index contributed by atoms with van der Waals surface area (Å²) < 4.78 is 48.9. The highest BCUT2D eigenvalue weighted by Gasteiger charge is 2.31. The monoisotopic (exact) mass is 303 g/mol. The molecule has 0 saturated carbocycles. The first-order valence-corrected chi connectivity index (χ1v) is 6.59. The number of hydrogen-bond acceptors (Lipinski definition) is 3. The Hall–Kier alpha value is -1.76.